The summed E-state index contributed by atoms with van der Waals surface area (Å²) in [5, 5.41) is 12.9. The van der Waals surface area contributed by atoms with Gasteiger partial charge in [0.05, 0.1) is 4.92 Å². The number of benzene rings is 1. The lowest BCUT2D eigenvalue weighted by Gasteiger charge is -2.35. The van der Waals surface area contributed by atoms with E-state index in [0.29, 0.717) is 10.2 Å². The maximum Gasteiger partial charge on any atom is 0.408 e. The summed E-state index contributed by atoms with van der Waals surface area (Å²) in [6, 6.07) is 4.09. The van der Waals surface area contributed by atoms with E-state index in [1.54, 1.807) is 0 Å². The predicted molar refractivity (Wildman–Crippen MR) is 97.6 cm³/mol. The van der Waals surface area contributed by atoms with Crippen LogP contribution in [0.25, 0.3) is 0 Å². The van der Waals surface area contributed by atoms with Gasteiger partial charge in [-0.2, -0.15) is 8.42 Å². The Morgan fingerprint density at radius 1 is 1.41 bits per heavy atom. The number of carbonyl (C=O) groups excluding carboxylic acids is 2. The minimum absolute atomic E-state index is 0.129. The van der Waals surface area contributed by atoms with Crippen LogP contribution in [-0.2, 0) is 31.0 Å². The molecule has 0 aliphatic carbocycles. The van der Waals surface area contributed by atoms with Crippen molar-refractivity contribution in [3.63, 3.8) is 0 Å². The van der Waals surface area contributed by atoms with Crippen molar-refractivity contribution in [1.29, 1.82) is 0 Å². The highest BCUT2D eigenvalue weighted by molar-refractivity contribution is 7.90. The van der Waals surface area contributed by atoms with Crippen LogP contribution in [0.5, 0.6) is 0 Å². The Bertz CT molecular complexity index is 952. The molecule has 1 aliphatic rings. The van der Waals surface area contributed by atoms with Crippen LogP contribution in [-0.4, -0.2) is 47.2 Å². The van der Waals surface area contributed by atoms with E-state index in [9.17, 15) is 32.7 Å². The molecule has 0 radical (unpaired) electrons. The number of alkyl carbamates (subject to hydrolysis) is 1. The van der Waals surface area contributed by atoms with Crippen LogP contribution in [0.4, 0.5) is 10.5 Å². The van der Waals surface area contributed by atoms with Crippen molar-refractivity contribution in [1.82, 2.24) is 14.5 Å². The maximum atomic E-state index is 12.4. The number of hydrogen-bond acceptors (Lipinski definition) is 8. The van der Waals surface area contributed by atoms with Crippen LogP contribution in [0, 0.1) is 10.1 Å². The number of carbonyl (C=O) groups is 2. The molecule has 0 saturated carbocycles. The van der Waals surface area contributed by atoms with Crippen molar-refractivity contribution in [2.24, 2.45) is 5.50 Å². The van der Waals surface area contributed by atoms with Crippen LogP contribution < -0.4 is 15.3 Å². The number of rotatable bonds is 7. The van der Waals surface area contributed by atoms with Crippen molar-refractivity contribution in [3.8, 4) is 0 Å². The Labute approximate surface area is 164 Å². The van der Waals surface area contributed by atoms with Gasteiger partial charge in [-0.25, -0.2) is 4.79 Å². The van der Waals surface area contributed by atoms with E-state index in [0.717, 1.165) is 0 Å². The molecule has 0 unspecified atom stereocenters. The number of nitrogens with two attached hydrogens (primary N) is 1. The standard InChI is InChI=1S/C13H18N5O9PS/c14-28(23,16-29(24,25)26)17-7-1-2-11(12(17)19)15-13(20)27-8-9-3-5-10(6-4-9)18(21)22/h3-6,11H,1-2,7-8H2,(H,15,20)(H3,14,16,23)(H,24,25,26)/t11-,28-/m0/s1. The zero-order chi connectivity index (χ0) is 21.8. The van der Waals surface area contributed by atoms with Gasteiger partial charge in [0.15, 0.2) is 0 Å². The summed E-state index contributed by atoms with van der Waals surface area (Å²) in [7, 11) is -9.38. The van der Waals surface area contributed by atoms with Gasteiger partial charge in [-0.05, 0) is 30.5 Å². The monoisotopic (exact) mass is 451 g/mol. The van der Waals surface area contributed by atoms with E-state index in [1.165, 1.54) is 28.8 Å². The van der Waals surface area contributed by atoms with Crippen LogP contribution in [0.2, 0.25) is 0 Å². The third-order valence-electron chi connectivity index (χ3n) is 3.83. The minimum Gasteiger partial charge on any atom is -0.445 e. The summed E-state index contributed by atoms with van der Waals surface area (Å²) in [4.78, 5) is 34.3. The summed E-state index contributed by atoms with van der Waals surface area (Å²) in [6.45, 7) is -0.376. The second-order valence-corrected chi connectivity index (χ2v) is 9.40. The Hall–Kier alpha value is -2.58. The van der Waals surface area contributed by atoms with Crippen molar-refractivity contribution in [2.45, 2.75) is 25.5 Å². The quantitative estimate of drug-likeness (QED) is 0.192. The first-order valence-corrected chi connectivity index (χ1v) is 11.2. The first kappa shape index (κ1) is 22.7. The molecule has 2 amide bonds. The molecule has 0 bridgehead atoms. The number of ether oxygens (including phenoxy) is 1. The molecule has 0 aromatic heterocycles. The Morgan fingerprint density at radius 3 is 2.59 bits per heavy atom. The third-order valence-corrected chi connectivity index (χ3v) is 6.91. The van der Waals surface area contributed by atoms with E-state index in [1.807, 2.05) is 0 Å². The Balaban J connectivity index is 1.94. The largest absolute Gasteiger partial charge is 0.445 e. The summed E-state index contributed by atoms with van der Waals surface area (Å²) in [5.74, 6) is -0.912. The molecule has 2 rings (SSSR count). The maximum absolute atomic E-state index is 12.4. The number of amides is 2. The van der Waals surface area contributed by atoms with Crippen molar-refractivity contribution in [3.05, 3.63) is 39.9 Å². The van der Waals surface area contributed by atoms with Gasteiger partial charge in [-0.15, -0.1) is 4.49 Å². The number of nitro groups is 1. The SMILES string of the molecule is N[P@](=O)(NS(=O)(=O)O)N1CCC[C@H](NC(=O)OCc2ccc([N+](=O)[O-])cc2)C1=O. The number of hydrogen-bond donors (Lipinski definition) is 4. The number of piperidine rings is 1. The Morgan fingerprint density at radius 2 is 2.03 bits per heavy atom. The highest BCUT2D eigenvalue weighted by Crippen LogP contribution is 2.40. The van der Waals surface area contributed by atoms with Crippen LogP contribution in [0.3, 0.4) is 0 Å². The summed E-state index contributed by atoms with van der Waals surface area (Å²) >= 11 is 0. The molecular formula is C13H18N5O9PS. The third kappa shape index (κ3) is 6.47. The van der Waals surface area contributed by atoms with Crippen molar-refractivity contribution in [2.75, 3.05) is 6.54 Å². The number of nitrogens with one attached hydrogen (secondary N) is 2. The van der Waals surface area contributed by atoms with Gasteiger partial charge in [0.25, 0.3) is 11.6 Å². The van der Waals surface area contributed by atoms with Crippen LogP contribution >= 0.6 is 7.59 Å². The molecule has 1 heterocycles. The normalized spacial score (nSPS) is 19.3. The zero-order valence-corrected chi connectivity index (χ0v) is 16.5. The molecule has 1 aromatic rings. The van der Waals surface area contributed by atoms with E-state index in [4.69, 9.17) is 14.8 Å². The van der Waals surface area contributed by atoms with E-state index < -0.39 is 40.9 Å². The average molecular weight is 451 g/mol. The number of nitro benzene ring substituents is 1. The first-order valence-electron chi connectivity index (χ1n) is 8.02. The van der Waals surface area contributed by atoms with E-state index >= 15 is 0 Å². The molecule has 5 N–H and O–H groups in total. The summed E-state index contributed by atoms with van der Waals surface area (Å²) < 4.78 is 49.5. The second kappa shape index (κ2) is 8.84. The molecule has 1 saturated heterocycles. The van der Waals surface area contributed by atoms with Crippen molar-refractivity contribution >= 4 is 35.6 Å². The molecule has 1 aliphatic heterocycles. The van der Waals surface area contributed by atoms with Gasteiger partial charge >= 0.3 is 24.0 Å². The fourth-order valence-electron chi connectivity index (χ4n) is 2.55. The smallest absolute Gasteiger partial charge is 0.408 e. The number of nitrogens with zero attached hydrogens (tertiary/aromatic N) is 2. The molecule has 14 nitrogen and oxygen atoms in total. The zero-order valence-electron chi connectivity index (χ0n) is 14.8. The highest BCUT2D eigenvalue weighted by atomic mass is 32.2. The van der Waals surface area contributed by atoms with Crippen LogP contribution in [0.1, 0.15) is 18.4 Å². The van der Waals surface area contributed by atoms with Gasteiger partial charge in [-0.1, -0.05) is 0 Å². The summed E-state index contributed by atoms with van der Waals surface area (Å²) in [6.07, 6.45) is -0.584. The lowest BCUT2D eigenvalue weighted by molar-refractivity contribution is -0.384. The lowest BCUT2D eigenvalue weighted by Crippen LogP contribution is -2.53. The van der Waals surface area contributed by atoms with Gasteiger partial charge in [0, 0.05) is 18.7 Å². The van der Waals surface area contributed by atoms with Crippen molar-refractivity contribution < 1.29 is 36.8 Å². The van der Waals surface area contributed by atoms with Gasteiger partial charge < -0.3 is 10.1 Å². The van der Waals surface area contributed by atoms with Gasteiger partial charge in [0.1, 0.15) is 12.6 Å². The fraction of sp³-hybridized carbons (Fsp3) is 0.385. The predicted octanol–water partition coefficient (Wildman–Crippen LogP) is 0.271. The minimum atomic E-state index is -4.93. The second-order valence-electron chi connectivity index (χ2n) is 5.99. The van der Waals surface area contributed by atoms with E-state index in [2.05, 4.69) is 5.32 Å². The molecule has 2 atom stereocenters. The first-order chi connectivity index (χ1) is 13.4. The highest BCUT2D eigenvalue weighted by Gasteiger charge is 2.40. The molecule has 16 heteroatoms. The molecule has 29 heavy (non-hydrogen) atoms. The fourth-order valence-corrected chi connectivity index (χ4v) is 5.14. The average Bonchev–Trinajstić information content (AvgIpc) is 2.60. The van der Waals surface area contributed by atoms with Crippen LogP contribution in [0.15, 0.2) is 24.3 Å². The van der Waals surface area contributed by atoms with Gasteiger partial charge in [0.2, 0.25) is 0 Å². The Kier molecular flexibility index (Phi) is 6.92. The number of non-ortho nitro benzene ring substituents is 1. The van der Waals surface area contributed by atoms with Gasteiger partial charge in [-0.3, -0.25) is 34.2 Å². The molecule has 0 spiro atoms. The molecule has 160 valence electrons. The lowest BCUT2D eigenvalue weighted by atomic mass is 10.1. The molecule has 1 aromatic carbocycles. The van der Waals surface area contributed by atoms with E-state index in [-0.39, 0.29) is 31.7 Å². The molecule has 1 fully saturated rings. The summed E-state index contributed by atoms with van der Waals surface area (Å²) in [5.41, 5.74) is 5.68. The topological polar surface area (TPSA) is 211 Å². The molecular weight excluding hydrogens is 433 g/mol.